The summed E-state index contributed by atoms with van der Waals surface area (Å²) in [6.45, 7) is -0.340. The maximum atomic E-state index is 10.7. The highest BCUT2D eigenvalue weighted by molar-refractivity contribution is 5.79. The predicted molar refractivity (Wildman–Crippen MR) is 46.9 cm³/mol. The molecule has 0 aromatic heterocycles. The number of carbonyl (C=O) groups excluding carboxylic acids is 1. The molecule has 0 aliphatic carbocycles. The van der Waals surface area contributed by atoms with Gasteiger partial charge in [0.2, 0.25) is 0 Å². The topological polar surface area (TPSA) is 37.3 Å². The standard InChI is InChI=1S/C10H12O2/c11-8-10(12)7-6-9-4-2-1-3-5-9/h1-5,11H,6-8H2. The Morgan fingerprint density at radius 1 is 1.25 bits per heavy atom. The average Bonchev–Trinajstić information content (AvgIpc) is 2.16. The van der Waals surface area contributed by atoms with E-state index in [0.29, 0.717) is 6.42 Å². The molecule has 1 rings (SSSR count). The van der Waals surface area contributed by atoms with E-state index < -0.39 is 0 Å². The van der Waals surface area contributed by atoms with Crippen LogP contribution in [0.1, 0.15) is 12.0 Å². The second kappa shape index (κ2) is 4.67. The fourth-order valence-corrected chi connectivity index (χ4v) is 1.01. The zero-order valence-corrected chi connectivity index (χ0v) is 6.86. The molecular weight excluding hydrogens is 152 g/mol. The van der Waals surface area contributed by atoms with Crippen LogP contribution in [0.25, 0.3) is 0 Å². The first-order chi connectivity index (χ1) is 5.83. The quantitative estimate of drug-likeness (QED) is 0.725. The van der Waals surface area contributed by atoms with Gasteiger partial charge in [0.15, 0.2) is 5.78 Å². The number of aliphatic hydroxyl groups is 1. The van der Waals surface area contributed by atoms with E-state index in [4.69, 9.17) is 5.11 Å². The van der Waals surface area contributed by atoms with E-state index in [9.17, 15) is 4.79 Å². The van der Waals surface area contributed by atoms with Gasteiger partial charge in [-0.3, -0.25) is 4.79 Å². The van der Waals surface area contributed by atoms with Crippen LogP contribution in [0.5, 0.6) is 0 Å². The summed E-state index contributed by atoms with van der Waals surface area (Å²) in [7, 11) is 0. The average molecular weight is 164 g/mol. The lowest BCUT2D eigenvalue weighted by atomic mass is 10.1. The lowest BCUT2D eigenvalue weighted by Crippen LogP contribution is -2.04. The van der Waals surface area contributed by atoms with Crippen LogP contribution in [-0.4, -0.2) is 17.5 Å². The van der Waals surface area contributed by atoms with E-state index in [1.54, 1.807) is 0 Å². The summed E-state index contributed by atoms with van der Waals surface area (Å²) in [5.74, 6) is -0.0983. The van der Waals surface area contributed by atoms with Gasteiger partial charge in [-0.05, 0) is 12.0 Å². The number of carbonyl (C=O) groups is 1. The van der Waals surface area contributed by atoms with Crippen LogP contribution in [0.15, 0.2) is 30.3 Å². The largest absolute Gasteiger partial charge is 0.389 e. The SMILES string of the molecule is O=C(CO)CCc1ccccc1. The Labute approximate surface area is 71.8 Å². The number of hydrogen-bond acceptors (Lipinski definition) is 2. The van der Waals surface area contributed by atoms with Gasteiger partial charge in [0.05, 0.1) is 0 Å². The molecular formula is C10H12O2. The van der Waals surface area contributed by atoms with Gasteiger partial charge in [0.1, 0.15) is 6.61 Å². The fourth-order valence-electron chi connectivity index (χ4n) is 1.01. The van der Waals surface area contributed by atoms with Crippen LogP contribution in [0, 0.1) is 0 Å². The summed E-state index contributed by atoms with van der Waals surface area (Å²) >= 11 is 0. The number of benzene rings is 1. The van der Waals surface area contributed by atoms with Crippen molar-refractivity contribution >= 4 is 5.78 Å². The van der Waals surface area contributed by atoms with Crippen LogP contribution in [0.4, 0.5) is 0 Å². The number of aryl methyl sites for hydroxylation is 1. The molecule has 0 atom stereocenters. The Bertz CT molecular complexity index is 241. The van der Waals surface area contributed by atoms with Gasteiger partial charge >= 0.3 is 0 Å². The highest BCUT2D eigenvalue weighted by atomic mass is 16.3. The maximum Gasteiger partial charge on any atom is 0.158 e. The third-order valence-corrected chi connectivity index (χ3v) is 1.71. The molecule has 0 saturated carbocycles. The van der Waals surface area contributed by atoms with Crippen molar-refractivity contribution in [2.24, 2.45) is 0 Å². The number of aliphatic hydroxyl groups excluding tert-OH is 1. The summed E-state index contributed by atoms with van der Waals surface area (Å²) < 4.78 is 0. The van der Waals surface area contributed by atoms with Crippen LogP contribution in [0.3, 0.4) is 0 Å². The monoisotopic (exact) mass is 164 g/mol. The number of hydrogen-bond donors (Lipinski definition) is 1. The molecule has 1 aromatic carbocycles. The molecule has 12 heavy (non-hydrogen) atoms. The normalized spacial score (nSPS) is 9.75. The van der Waals surface area contributed by atoms with Crippen LogP contribution in [0.2, 0.25) is 0 Å². The van der Waals surface area contributed by atoms with E-state index in [2.05, 4.69) is 0 Å². The molecule has 0 unspecified atom stereocenters. The van der Waals surface area contributed by atoms with Gasteiger partial charge in [-0.2, -0.15) is 0 Å². The lowest BCUT2D eigenvalue weighted by molar-refractivity contribution is -0.121. The minimum absolute atomic E-state index is 0.0983. The van der Waals surface area contributed by atoms with Crippen LogP contribution < -0.4 is 0 Å². The zero-order chi connectivity index (χ0) is 8.81. The van der Waals surface area contributed by atoms with Crippen molar-refractivity contribution in [3.8, 4) is 0 Å². The Morgan fingerprint density at radius 2 is 1.92 bits per heavy atom. The Hall–Kier alpha value is -1.15. The van der Waals surface area contributed by atoms with E-state index in [-0.39, 0.29) is 12.4 Å². The number of rotatable bonds is 4. The van der Waals surface area contributed by atoms with Gasteiger partial charge in [0.25, 0.3) is 0 Å². The third-order valence-electron chi connectivity index (χ3n) is 1.71. The molecule has 0 radical (unpaired) electrons. The molecule has 2 nitrogen and oxygen atoms in total. The highest BCUT2D eigenvalue weighted by Crippen LogP contribution is 2.02. The third kappa shape index (κ3) is 2.84. The molecule has 0 saturated heterocycles. The minimum Gasteiger partial charge on any atom is -0.389 e. The Morgan fingerprint density at radius 3 is 2.50 bits per heavy atom. The zero-order valence-electron chi connectivity index (χ0n) is 6.86. The molecule has 0 spiro atoms. The van der Waals surface area contributed by atoms with Gasteiger partial charge in [0, 0.05) is 6.42 Å². The first kappa shape index (κ1) is 8.94. The first-order valence-electron chi connectivity index (χ1n) is 3.99. The molecule has 0 amide bonds. The van der Waals surface area contributed by atoms with Gasteiger partial charge < -0.3 is 5.11 Å². The molecule has 0 heterocycles. The smallest absolute Gasteiger partial charge is 0.158 e. The Balaban J connectivity index is 2.38. The van der Waals surface area contributed by atoms with Crippen molar-refractivity contribution in [1.82, 2.24) is 0 Å². The Kier molecular flexibility index (Phi) is 3.48. The predicted octanol–water partition coefficient (Wildman–Crippen LogP) is 1.18. The second-order valence-electron chi connectivity index (χ2n) is 2.68. The molecule has 0 fully saturated rings. The second-order valence-corrected chi connectivity index (χ2v) is 2.68. The van der Waals surface area contributed by atoms with Gasteiger partial charge in [-0.1, -0.05) is 30.3 Å². The molecule has 1 aromatic rings. The van der Waals surface area contributed by atoms with E-state index in [1.807, 2.05) is 30.3 Å². The van der Waals surface area contributed by atoms with Crippen molar-refractivity contribution in [2.75, 3.05) is 6.61 Å². The van der Waals surface area contributed by atoms with E-state index in [1.165, 1.54) is 0 Å². The molecule has 1 N–H and O–H groups in total. The summed E-state index contributed by atoms with van der Waals surface area (Å²) in [5.41, 5.74) is 1.14. The summed E-state index contributed by atoms with van der Waals surface area (Å²) in [6, 6.07) is 9.78. The maximum absolute atomic E-state index is 10.7. The van der Waals surface area contributed by atoms with Gasteiger partial charge in [-0.15, -0.1) is 0 Å². The minimum atomic E-state index is -0.340. The van der Waals surface area contributed by atoms with Crippen molar-refractivity contribution in [2.45, 2.75) is 12.8 Å². The summed E-state index contributed by atoms with van der Waals surface area (Å²) in [6.07, 6.45) is 1.15. The molecule has 0 aliphatic heterocycles. The highest BCUT2D eigenvalue weighted by Gasteiger charge is 1.99. The van der Waals surface area contributed by atoms with Crippen molar-refractivity contribution in [1.29, 1.82) is 0 Å². The van der Waals surface area contributed by atoms with E-state index in [0.717, 1.165) is 12.0 Å². The summed E-state index contributed by atoms with van der Waals surface area (Å²) in [4.78, 5) is 10.7. The van der Waals surface area contributed by atoms with Crippen molar-refractivity contribution < 1.29 is 9.90 Å². The molecule has 0 aliphatic rings. The number of ketones is 1. The van der Waals surface area contributed by atoms with E-state index >= 15 is 0 Å². The summed E-state index contributed by atoms with van der Waals surface area (Å²) in [5, 5.41) is 8.46. The van der Waals surface area contributed by atoms with Crippen LogP contribution in [-0.2, 0) is 11.2 Å². The van der Waals surface area contributed by atoms with Crippen molar-refractivity contribution in [3.05, 3.63) is 35.9 Å². The number of Topliss-reactive ketones (excluding diaryl/α,β-unsaturated/α-hetero) is 1. The lowest BCUT2D eigenvalue weighted by Gasteiger charge is -1.97. The van der Waals surface area contributed by atoms with Gasteiger partial charge in [-0.25, -0.2) is 0 Å². The molecule has 2 heteroatoms. The fraction of sp³-hybridized carbons (Fsp3) is 0.300. The molecule has 64 valence electrons. The first-order valence-corrected chi connectivity index (χ1v) is 3.99. The van der Waals surface area contributed by atoms with Crippen LogP contribution >= 0.6 is 0 Å². The van der Waals surface area contributed by atoms with Crippen molar-refractivity contribution in [3.63, 3.8) is 0 Å². The molecule has 0 bridgehead atoms.